The minimum atomic E-state index is 0.0502. The van der Waals surface area contributed by atoms with E-state index in [0.29, 0.717) is 6.54 Å². The first-order chi connectivity index (χ1) is 7.73. The monoisotopic (exact) mass is 217 g/mol. The average molecular weight is 217 g/mol. The second-order valence-corrected chi connectivity index (χ2v) is 4.62. The molecule has 1 aliphatic rings. The third-order valence-electron chi connectivity index (χ3n) is 3.67. The summed E-state index contributed by atoms with van der Waals surface area (Å²) >= 11 is 0. The highest BCUT2D eigenvalue weighted by Gasteiger charge is 2.40. The summed E-state index contributed by atoms with van der Waals surface area (Å²) in [5, 5.41) is 9.40. The molecule has 0 amide bonds. The number of benzene rings is 1. The number of aromatic hydroxyl groups is 1. The smallest absolute Gasteiger partial charge is 0.117 e. The number of nitrogens with one attached hydrogen (secondary N) is 1. The largest absolute Gasteiger partial charge is 0.508 e. The molecule has 2 aromatic rings. The Balaban J connectivity index is 2.11. The number of aromatic amines is 1. The van der Waals surface area contributed by atoms with Crippen molar-refractivity contribution in [2.24, 2.45) is 5.73 Å². The Morgan fingerprint density at radius 2 is 2.25 bits per heavy atom. The number of rotatable bonds is 2. The third-order valence-corrected chi connectivity index (χ3v) is 3.67. The molecule has 0 spiro atoms. The van der Waals surface area contributed by atoms with Gasteiger partial charge in [0.05, 0.1) is 11.0 Å². The Morgan fingerprint density at radius 1 is 1.44 bits per heavy atom. The minimum absolute atomic E-state index is 0.0502. The summed E-state index contributed by atoms with van der Waals surface area (Å²) in [6.45, 7) is 0.638. The first-order valence-corrected chi connectivity index (χ1v) is 5.63. The van der Waals surface area contributed by atoms with Gasteiger partial charge in [-0.3, -0.25) is 0 Å². The van der Waals surface area contributed by atoms with Crippen LogP contribution in [0, 0.1) is 0 Å². The molecule has 0 atom stereocenters. The molecule has 84 valence electrons. The number of aromatic nitrogens is 2. The molecule has 0 aliphatic heterocycles. The molecule has 1 aromatic heterocycles. The van der Waals surface area contributed by atoms with Crippen LogP contribution in [0.4, 0.5) is 0 Å². The van der Waals surface area contributed by atoms with Crippen LogP contribution in [-0.2, 0) is 5.41 Å². The first-order valence-electron chi connectivity index (χ1n) is 5.63. The van der Waals surface area contributed by atoms with Gasteiger partial charge in [-0.25, -0.2) is 4.98 Å². The van der Waals surface area contributed by atoms with E-state index in [-0.39, 0.29) is 11.2 Å². The Bertz CT molecular complexity index is 523. The van der Waals surface area contributed by atoms with Crippen molar-refractivity contribution in [3.63, 3.8) is 0 Å². The molecule has 0 unspecified atom stereocenters. The molecule has 4 N–H and O–H groups in total. The van der Waals surface area contributed by atoms with Crippen molar-refractivity contribution < 1.29 is 5.11 Å². The predicted octanol–water partition coefficient (Wildman–Crippen LogP) is 1.65. The molecule has 1 aromatic carbocycles. The number of fused-ring (bicyclic) bond motifs is 1. The highest BCUT2D eigenvalue weighted by Crippen LogP contribution is 2.42. The van der Waals surface area contributed by atoms with Crippen molar-refractivity contribution in [2.75, 3.05) is 6.54 Å². The number of H-pyrrole nitrogens is 1. The number of nitrogens with zero attached hydrogens (tertiary/aromatic N) is 1. The van der Waals surface area contributed by atoms with E-state index in [9.17, 15) is 5.11 Å². The van der Waals surface area contributed by atoms with Gasteiger partial charge in [-0.05, 0) is 25.0 Å². The molecule has 1 heterocycles. The summed E-state index contributed by atoms with van der Waals surface area (Å²) in [5.74, 6) is 1.24. The standard InChI is InChI=1S/C12H15N3O/c13-7-12(4-1-5-12)11-14-9-3-2-8(16)6-10(9)15-11/h2-3,6,16H,1,4-5,7,13H2,(H,14,15). The molecule has 1 aliphatic carbocycles. The van der Waals surface area contributed by atoms with Crippen LogP contribution in [0.5, 0.6) is 5.75 Å². The Kier molecular flexibility index (Phi) is 1.94. The molecule has 3 rings (SSSR count). The predicted molar refractivity (Wildman–Crippen MR) is 62.3 cm³/mol. The van der Waals surface area contributed by atoms with Gasteiger partial charge in [0, 0.05) is 18.0 Å². The van der Waals surface area contributed by atoms with Crippen molar-refractivity contribution in [1.82, 2.24) is 9.97 Å². The number of hydrogen-bond acceptors (Lipinski definition) is 3. The van der Waals surface area contributed by atoms with Crippen LogP contribution in [0.3, 0.4) is 0 Å². The van der Waals surface area contributed by atoms with Crippen molar-refractivity contribution in [2.45, 2.75) is 24.7 Å². The zero-order chi connectivity index (χ0) is 11.2. The quantitative estimate of drug-likeness (QED) is 0.716. The topological polar surface area (TPSA) is 74.9 Å². The fourth-order valence-corrected chi connectivity index (χ4v) is 2.39. The lowest BCUT2D eigenvalue weighted by atomic mass is 9.68. The zero-order valence-corrected chi connectivity index (χ0v) is 9.03. The molecule has 4 nitrogen and oxygen atoms in total. The van der Waals surface area contributed by atoms with Gasteiger partial charge in [0.25, 0.3) is 0 Å². The average Bonchev–Trinajstić information content (AvgIpc) is 2.60. The summed E-state index contributed by atoms with van der Waals surface area (Å²) in [7, 11) is 0. The minimum Gasteiger partial charge on any atom is -0.508 e. The molecular weight excluding hydrogens is 202 g/mol. The molecule has 1 saturated carbocycles. The number of phenols is 1. The third kappa shape index (κ3) is 1.23. The molecule has 0 bridgehead atoms. The normalized spacial score (nSPS) is 18.6. The Hall–Kier alpha value is -1.55. The van der Waals surface area contributed by atoms with Crippen molar-refractivity contribution >= 4 is 11.0 Å². The fourth-order valence-electron chi connectivity index (χ4n) is 2.39. The molecule has 4 heteroatoms. The van der Waals surface area contributed by atoms with Gasteiger partial charge in [0.15, 0.2) is 0 Å². The maximum atomic E-state index is 9.40. The number of phenolic OH excluding ortho intramolecular Hbond substituents is 1. The Labute approximate surface area is 93.5 Å². The fraction of sp³-hybridized carbons (Fsp3) is 0.417. The van der Waals surface area contributed by atoms with Crippen molar-refractivity contribution in [3.05, 3.63) is 24.0 Å². The van der Waals surface area contributed by atoms with E-state index in [2.05, 4.69) is 9.97 Å². The van der Waals surface area contributed by atoms with E-state index in [4.69, 9.17) is 5.73 Å². The number of hydrogen-bond donors (Lipinski definition) is 3. The van der Waals surface area contributed by atoms with E-state index in [1.807, 2.05) is 6.07 Å². The van der Waals surface area contributed by atoms with Gasteiger partial charge in [0.1, 0.15) is 11.6 Å². The summed E-state index contributed by atoms with van der Waals surface area (Å²) in [6, 6.07) is 5.19. The molecule has 0 saturated heterocycles. The van der Waals surface area contributed by atoms with E-state index in [1.165, 1.54) is 6.42 Å². The van der Waals surface area contributed by atoms with Crippen molar-refractivity contribution in [1.29, 1.82) is 0 Å². The summed E-state index contributed by atoms with van der Waals surface area (Å²) < 4.78 is 0. The highest BCUT2D eigenvalue weighted by atomic mass is 16.3. The van der Waals surface area contributed by atoms with E-state index in [1.54, 1.807) is 12.1 Å². The summed E-state index contributed by atoms with van der Waals surface area (Å²) in [6.07, 6.45) is 3.43. The highest BCUT2D eigenvalue weighted by molar-refractivity contribution is 5.77. The van der Waals surface area contributed by atoms with Gasteiger partial charge < -0.3 is 15.8 Å². The van der Waals surface area contributed by atoms with Crippen LogP contribution in [-0.4, -0.2) is 21.6 Å². The van der Waals surface area contributed by atoms with Gasteiger partial charge in [-0.15, -0.1) is 0 Å². The lowest BCUT2D eigenvalue weighted by Gasteiger charge is -2.38. The maximum absolute atomic E-state index is 9.40. The van der Waals surface area contributed by atoms with Crippen LogP contribution >= 0.6 is 0 Å². The van der Waals surface area contributed by atoms with Crippen molar-refractivity contribution in [3.8, 4) is 5.75 Å². The molecular formula is C12H15N3O. The maximum Gasteiger partial charge on any atom is 0.117 e. The summed E-state index contributed by atoms with van der Waals surface area (Å²) in [4.78, 5) is 7.85. The van der Waals surface area contributed by atoms with E-state index >= 15 is 0 Å². The molecule has 0 radical (unpaired) electrons. The van der Waals surface area contributed by atoms with Crippen LogP contribution in [0.25, 0.3) is 11.0 Å². The summed E-state index contributed by atoms with van der Waals surface area (Å²) in [5.41, 5.74) is 7.67. The second kappa shape index (κ2) is 3.22. The Morgan fingerprint density at radius 3 is 2.88 bits per heavy atom. The first kappa shape index (κ1) is 9.66. The number of imidazole rings is 1. The van der Waals surface area contributed by atoms with Gasteiger partial charge in [-0.2, -0.15) is 0 Å². The van der Waals surface area contributed by atoms with Crippen LogP contribution < -0.4 is 5.73 Å². The van der Waals surface area contributed by atoms with Gasteiger partial charge in [-0.1, -0.05) is 6.42 Å². The van der Waals surface area contributed by atoms with Crippen LogP contribution in [0.1, 0.15) is 25.1 Å². The SMILES string of the molecule is NCC1(c2nc3ccc(O)cc3[nH]2)CCC1. The van der Waals surface area contributed by atoms with E-state index < -0.39 is 0 Å². The van der Waals surface area contributed by atoms with Crippen LogP contribution in [0.15, 0.2) is 18.2 Å². The number of nitrogens with two attached hydrogens (primary N) is 1. The second-order valence-electron chi connectivity index (χ2n) is 4.62. The van der Waals surface area contributed by atoms with Gasteiger partial charge in [0.2, 0.25) is 0 Å². The van der Waals surface area contributed by atoms with Gasteiger partial charge >= 0.3 is 0 Å². The lowest BCUT2D eigenvalue weighted by Crippen LogP contribution is -2.42. The van der Waals surface area contributed by atoms with Crippen LogP contribution in [0.2, 0.25) is 0 Å². The molecule has 16 heavy (non-hydrogen) atoms. The molecule has 1 fully saturated rings. The van der Waals surface area contributed by atoms with E-state index in [0.717, 1.165) is 29.7 Å². The zero-order valence-electron chi connectivity index (χ0n) is 9.03. The lowest BCUT2D eigenvalue weighted by molar-refractivity contribution is 0.240.